The molecule has 1 rings (SSSR count). The number of rotatable bonds is 0. The lowest BCUT2D eigenvalue weighted by atomic mass is 10.0. The quantitative estimate of drug-likeness (QED) is 0.542. The minimum Gasteiger partial charge on any atom is -0.353 e. The number of nitrogens with zero attached hydrogens (tertiary/aromatic N) is 2. The summed E-state index contributed by atoms with van der Waals surface area (Å²) < 4.78 is 0. The van der Waals surface area contributed by atoms with Gasteiger partial charge in [0.25, 0.3) is 0 Å². The molecule has 1 heterocycles. The molecule has 0 unspecified atom stereocenters. The van der Waals surface area contributed by atoms with Crippen LogP contribution in [0.25, 0.3) is 0 Å². The molecule has 2 nitrogen and oxygen atoms in total. The first-order valence-corrected chi connectivity index (χ1v) is 4.56. The molecular weight excluding hydrogens is 148 g/mol. The summed E-state index contributed by atoms with van der Waals surface area (Å²) in [5.41, 5.74) is 0.318. The molecule has 0 N–H and O–H groups in total. The van der Waals surface area contributed by atoms with Crippen LogP contribution < -0.4 is 0 Å². The van der Waals surface area contributed by atoms with Gasteiger partial charge in [0.05, 0.1) is 11.4 Å². The average Bonchev–Trinajstić information content (AvgIpc) is 2.03. The van der Waals surface area contributed by atoms with E-state index in [1.54, 1.807) is 0 Å². The van der Waals surface area contributed by atoms with Crippen LogP contribution in [-0.2, 0) is 0 Å². The average molecular weight is 168 g/mol. The molecule has 12 heavy (non-hydrogen) atoms. The molecule has 1 aliphatic heterocycles. The van der Waals surface area contributed by atoms with Crippen molar-refractivity contribution in [3.63, 3.8) is 0 Å². The van der Waals surface area contributed by atoms with Gasteiger partial charge in [0, 0.05) is 12.1 Å². The Kier molecular flexibility index (Phi) is 1.97. The number of hydrogen-bond acceptors (Lipinski definition) is 2. The monoisotopic (exact) mass is 168 g/mol. The van der Waals surface area contributed by atoms with Crippen molar-refractivity contribution in [1.82, 2.24) is 4.90 Å². The van der Waals surface area contributed by atoms with E-state index in [2.05, 4.69) is 51.4 Å². The second kappa shape index (κ2) is 2.48. The van der Waals surface area contributed by atoms with E-state index in [0.29, 0.717) is 0 Å². The van der Waals surface area contributed by atoms with Crippen LogP contribution in [0.2, 0.25) is 0 Å². The van der Waals surface area contributed by atoms with Gasteiger partial charge in [-0.1, -0.05) is 0 Å². The number of hydrogen-bond donors (Lipinski definition) is 0. The first-order chi connectivity index (χ1) is 5.22. The normalized spacial score (nSPS) is 22.8. The molecule has 0 aromatic heterocycles. The molecule has 0 bridgehead atoms. The van der Waals surface area contributed by atoms with Crippen LogP contribution in [0.3, 0.4) is 0 Å². The van der Waals surface area contributed by atoms with Gasteiger partial charge in [0.1, 0.15) is 0 Å². The standard InChI is InChI=1S/C10H20N2/c1-8-11-10(5,6)7-12(8)9(2,3)4/h7H2,1-6H3. The lowest BCUT2D eigenvalue weighted by Gasteiger charge is -2.35. The molecule has 0 amide bonds. The first kappa shape index (κ1) is 9.56. The molecule has 0 fully saturated rings. The van der Waals surface area contributed by atoms with Crippen LogP contribution in [-0.4, -0.2) is 28.4 Å². The van der Waals surface area contributed by atoms with Crippen molar-refractivity contribution in [2.45, 2.75) is 52.6 Å². The van der Waals surface area contributed by atoms with Gasteiger partial charge in [0.2, 0.25) is 0 Å². The maximum absolute atomic E-state index is 4.61. The van der Waals surface area contributed by atoms with Crippen molar-refractivity contribution in [2.75, 3.05) is 6.54 Å². The Labute approximate surface area is 75.7 Å². The van der Waals surface area contributed by atoms with E-state index in [-0.39, 0.29) is 11.1 Å². The van der Waals surface area contributed by atoms with E-state index >= 15 is 0 Å². The van der Waals surface area contributed by atoms with Crippen molar-refractivity contribution in [3.05, 3.63) is 0 Å². The molecule has 0 aromatic carbocycles. The summed E-state index contributed by atoms with van der Waals surface area (Å²) in [6, 6.07) is 0. The van der Waals surface area contributed by atoms with E-state index < -0.39 is 0 Å². The highest BCUT2D eigenvalue weighted by atomic mass is 15.3. The Balaban J connectivity index is 2.83. The fourth-order valence-electron chi connectivity index (χ4n) is 1.76. The van der Waals surface area contributed by atoms with Crippen LogP contribution in [0.4, 0.5) is 0 Å². The maximum atomic E-state index is 4.61. The predicted octanol–water partition coefficient (Wildman–Crippen LogP) is 2.30. The largest absolute Gasteiger partial charge is 0.353 e. The summed E-state index contributed by atoms with van der Waals surface area (Å²) in [7, 11) is 0. The van der Waals surface area contributed by atoms with Crippen molar-refractivity contribution >= 4 is 5.84 Å². The van der Waals surface area contributed by atoms with E-state index in [1.165, 1.54) is 5.84 Å². The third kappa shape index (κ3) is 1.79. The summed E-state index contributed by atoms with van der Waals surface area (Å²) in [5, 5.41) is 0. The van der Waals surface area contributed by atoms with Gasteiger partial charge in [0.15, 0.2) is 0 Å². The van der Waals surface area contributed by atoms with E-state index in [0.717, 1.165) is 6.54 Å². The fraction of sp³-hybridized carbons (Fsp3) is 0.900. The third-order valence-corrected chi connectivity index (χ3v) is 2.21. The molecule has 0 atom stereocenters. The molecule has 0 aromatic rings. The molecule has 0 saturated carbocycles. The van der Waals surface area contributed by atoms with Crippen LogP contribution in [0.5, 0.6) is 0 Å². The minimum absolute atomic E-state index is 0.108. The Hall–Kier alpha value is -0.530. The van der Waals surface area contributed by atoms with E-state index in [1.807, 2.05) is 0 Å². The Bertz CT molecular complexity index is 208. The molecule has 70 valence electrons. The van der Waals surface area contributed by atoms with E-state index in [9.17, 15) is 0 Å². The molecule has 0 saturated heterocycles. The van der Waals surface area contributed by atoms with Crippen LogP contribution in [0.1, 0.15) is 41.5 Å². The Morgan fingerprint density at radius 2 is 1.83 bits per heavy atom. The van der Waals surface area contributed by atoms with Crippen LogP contribution in [0.15, 0.2) is 4.99 Å². The number of aliphatic imine (C=N–C) groups is 1. The smallest absolute Gasteiger partial charge is 0.0970 e. The number of amidine groups is 1. The zero-order valence-electron chi connectivity index (χ0n) is 9.10. The van der Waals surface area contributed by atoms with E-state index in [4.69, 9.17) is 0 Å². The molecule has 2 heteroatoms. The summed E-state index contributed by atoms with van der Waals surface area (Å²) >= 11 is 0. The Morgan fingerprint density at radius 3 is 2.00 bits per heavy atom. The van der Waals surface area contributed by atoms with Gasteiger partial charge < -0.3 is 4.90 Å². The zero-order chi connectivity index (χ0) is 9.57. The lowest BCUT2D eigenvalue weighted by Crippen LogP contribution is -2.44. The highest BCUT2D eigenvalue weighted by Crippen LogP contribution is 2.26. The fourth-order valence-corrected chi connectivity index (χ4v) is 1.76. The molecule has 0 aliphatic carbocycles. The van der Waals surface area contributed by atoms with Gasteiger partial charge in [-0.3, -0.25) is 4.99 Å². The first-order valence-electron chi connectivity index (χ1n) is 4.56. The predicted molar refractivity (Wildman–Crippen MR) is 53.6 cm³/mol. The second-order valence-corrected chi connectivity index (χ2v) is 5.23. The van der Waals surface area contributed by atoms with Gasteiger partial charge >= 0.3 is 0 Å². The molecule has 0 radical (unpaired) electrons. The Morgan fingerprint density at radius 1 is 1.33 bits per heavy atom. The van der Waals surface area contributed by atoms with Gasteiger partial charge in [-0.2, -0.15) is 0 Å². The van der Waals surface area contributed by atoms with Crippen molar-refractivity contribution < 1.29 is 0 Å². The van der Waals surface area contributed by atoms with Gasteiger partial charge in [-0.05, 0) is 41.5 Å². The SMILES string of the molecule is CC1=NC(C)(C)CN1C(C)(C)C. The third-order valence-electron chi connectivity index (χ3n) is 2.21. The minimum atomic E-state index is 0.108. The van der Waals surface area contributed by atoms with Crippen LogP contribution >= 0.6 is 0 Å². The maximum Gasteiger partial charge on any atom is 0.0970 e. The molecule has 1 aliphatic rings. The van der Waals surface area contributed by atoms with Crippen molar-refractivity contribution in [1.29, 1.82) is 0 Å². The molecule has 0 spiro atoms. The van der Waals surface area contributed by atoms with Crippen LogP contribution in [0, 0.1) is 0 Å². The summed E-state index contributed by atoms with van der Waals surface area (Å²) in [6.07, 6.45) is 0. The van der Waals surface area contributed by atoms with Crippen molar-refractivity contribution in [2.24, 2.45) is 4.99 Å². The second-order valence-electron chi connectivity index (χ2n) is 5.23. The van der Waals surface area contributed by atoms with Gasteiger partial charge in [-0.25, -0.2) is 0 Å². The highest BCUT2D eigenvalue weighted by Gasteiger charge is 2.34. The van der Waals surface area contributed by atoms with Gasteiger partial charge in [-0.15, -0.1) is 0 Å². The zero-order valence-corrected chi connectivity index (χ0v) is 9.10. The molecular formula is C10H20N2. The van der Waals surface area contributed by atoms with Crippen molar-refractivity contribution in [3.8, 4) is 0 Å². The summed E-state index contributed by atoms with van der Waals surface area (Å²) in [6.45, 7) is 14.2. The lowest BCUT2D eigenvalue weighted by molar-refractivity contribution is 0.226. The highest BCUT2D eigenvalue weighted by molar-refractivity contribution is 5.82. The summed E-state index contributed by atoms with van der Waals surface area (Å²) in [4.78, 5) is 6.98. The summed E-state index contributed by atoms with van der Waals surface area (Å²) in [5.74, 6) is 1.17. The topological polar surface area (TPSA) is 15.6 Å².